The first-order valence-electron chi connectivity index (χ1n) is 7.16. The number of hydrogen-bond acceptors (Lipinski definition) is 5. The molecule has 0 radical (unpaired) electrons. The summed E-state index contributed by atoms with van der Waals surface area (Å²) < 4.78 is 10.2. The van der Waals surface area contributed by atoms with Crippen molar-refractivity contribution in [2.45, 2.75) is 12.8 Å². The fourth-order valence-electron chi connectivity index (χ4n) is 2.03. The van der Waals surface area contributed by atoms with Gasteiger partial charge in [-0.15, -0.1) is 0 Å². The van der Waals surface area contributed by atoms with E-state index in [1.165, 1.54) is 14.2 Å². The fourth-order valence-corrected chi connectivity index (χ4v) is 2.25. The Hall–Kier alpha value is -1.85. The van der Waals surface area contributed by atoms with Gasteiger partial charge in [0.2, 0.25) is 0 Å². The van der Waals surface area contributed by atoms with Gasteiger partial charge >= 0.3 is 11.9 Å². The van der Waals surface area contributed by atoms with E-state index in [4.69, 9.17) is 14.6 Å². The summed E-state index contributed by atoms with van der Waals surface area (Å²) in [5.74, 6) is 4.37. The molecule has 5 nitrogen and oxygen atoms in total. The number of methoxy groups -OCH3 is 2. The molecular formula is C18H19IO5. The second kappa shape index (κ2) is 10.1. The molecule has 0 spiro atoms. The van der Waals surface area contributed by atoms with E-state index in [0.29, 0.717) is 3.58 Å². The van der Waals surface area contributed by atoms with Crippen molar-refractivity contribution >= 4 is 34.5 Å². The minimum atomic E-state index is -1.56. The Labute approximate surface area is 155 Å². The SMILES string of the molecule is COC(=O)C(CC#Cc1ccccc1)(C/C=C(\I)CO)C(=O)OC. The van der Waals surface area contributed by atoms with Crippen LogP contribution in [-0.2, 0) is 19.1 Å². The number of benzene rings is 1. The van der Waals surface area contributed by atoms with Gasteiger partial charge in [-0.2, -0.15) is 0 Å². The van der Waals surface area contributed by atoms with Gasteiger partial charge in [0.05, 0.1) is 20.8 Å². The van der Waals surface area contributed by atoms with Crippen molar-refractivity contribution in [3.63, 3.8) is 0 Å². The van der Waals surface area contributed by atoms with Crippen LogP contribution >= 0.6 is 22.6 Å². The largest absolute Gasteiger partial charge is 0.468 e. The van der Waals surface area contributed by atoms with Gasteiger partial charge in [-0.3, -0.25) is 9.59 Å². The average molecular weight is 442 g/mol. The van der Waals surface area contributed by atoms with Crippen molar-refractivity contribution < 1.29 is 24.2 Å². The highest BCUT2D eigenvalue weighted by Gasteiger charge is 2.47. The molecule has 0 aromatic heterocycles. The van der Waals surface area contributed by atoms with Crippen LogP contribution in [0.3, 0.4) is 0 Å². The monoisotopic (exact) mass is 442 g/mol. The highest BCUT2D eigenvalue weighted by molar-refractivity contribution is 14.1. The Kier molecular flexibility index (Phi) is 8.50. The highest BCUT2D eigenvalue weighted by atomic mass is 127. The van der Waals surface area contributed by atoms with E-state index in [-0.39, 0.29) is 19.4 Å². The van der Waals surface area contributed by atoms with E-state index in [1.54, 1.807) is 6.08 Å². The molecule has 0 bridgehead atoms. The number of halogens is 1. The van der Waals surface area contributed by atoms with E-state index in [2.05, 4.69) is 11.8 Å². The first kappa shape index (κ1) is 20.2. The Morgan fingerprint density at radius 2 is 1.79 bits per heavy atom. The van der Waals surface area contributed by atoms with Crippen LogP contribution in [0.1, 0.15) is 18.4 Å². The molecule has 24 heavy (non-hydrogen) atoms. The summed E-state index contributed by atoms with van der Waals surface area (Å²) in [6.45, 7) is -0.172. The number of ether oxygens (including phenoxy) is 2. The maximum absolute atomic E-state index is 12.3. The lowest BCUT2D eigenvalue weighted by Crippen LogP contribution is -2.40. The second-order valence-electron chi connectivity index (χ2n) is 4.92. The maximum atomic E-state index is 12.3. The topological polar surface area (TPSA) is 72.8 Å². The minimum absolute atomic E-state index is 0.0364. The quantitative estimate of drug-likeness (QED) is 0.317. The minimum Gasteiger partial charge on any atom is -0.468 e. The number of allylic oxidation sites excluding steroid dienone is 1. The third-order valence-corrected chi connectivity index (χ3v) is 4.15. The van der Waals surface area contributed by atoms with E-state index in [1.807, 2.05) is 52.9 Å². The third kappa shape index (κ3) is 5.35. The summed E-state index contributed by atoms with van der Waals surface area (Å²) >= 11 is 1.93. The van der Waals surface area contributed by atoms with Crippen molar-refractivity contribution in [2.75, 3.05) is 20.8 Å². The number of aliphatic hydroxyl groups is 1. The molecular weight excluding hydrogens is 423 g/mol. The zero-order valence-electron chi connectivity index (χ0n) is 13.5. The molecule has 0 aliphatic carbocycles. The van der Waals surface area contributed by atoms with Crippen LogP contribution in [0, 0.1) is 17.3 Å². The van der Waals surface area contributed by atoms with Gasteiger partial charge in [0.25, 0.3) is 0 Å². The number of esters is 2. The molecule has 6 heteroatoms. The fraction of sp³-hybridized carbons (Fsp3) is 0.333. The van der Waals surface area contributed by atoms with Crippen molar-refractivity contribution in [2.24, 2.45) is 5.41 Å². The molecule has 0 amide bonds. The Morgan fingerprint density at radius 1 is 1.21 bits per heavy atom. The Balaban J connectivity index is 3.17. The number of rotatable bonds is 6. The van der Waals surface area contributed by atoms with Gasteiger partial charge in [-0.1, -0.05) is 36.1 Å². The molecule has 0 fully saturated rings. The molecule has 0 saturated carbocycles. The normalized spacial score (nSPS) is 11.2. The van der Waals surface area contributed by atoms with Crippen molar-refractivity contribution in [3.8, 4) is 11.8 Å². The Bertz CT molecular complexity index is 639. The molecule has 0 atom stereocenters. The summed E-state index contributed by atoms with van der Waals surface area (Å²) in [4.78, 5) is 24.6. The van der Waals surface area contributed by atoms with Crippen LogP contribution in [0.5, 0.6) is 0 Å². The molecule has 0 saturated heterocycles. The molecule has 1 N–H and O–H groups in total. The summed E-state index contributed by atoms with van der Waals surface area (Å²) in [5, 5.41) is 9.11. The second-order valence-corrected chi connectivity index (χ2v) is 6.31. The number of carbonyl (C=O) groups excluding carboxylic acids is 2. The average Bonchev–Trinajstić information content (AvgIpc) is 2.63. The number of aliphatic hydroxyl groups excluding tert-OH is 1. The zero-order chi connectivity index (χ0) is 18.0. The summed E-state index contributed by atoms with van der Waals surface area (Å²) in [7, 11) is 2.43. The maximum Gasteiger partial charge on any atom is 0.324 e. The van der Waals surface area contributed by atoms with Gasteiger partial charge in [-0.25, -0.2) is 0 Å². The lowest BCUT2D eigenvalue weighted by Gasteiger charge is -2.25. The molecule has 0 heterocycles. The van der Waals surface area contributed by atoms with E-state index < -0.39 is 17.4 Å². The molecule has 128 valence electrons. The van der Waals surface area contributed by atoms with Crippen LogP contribution in [0.25, 0.3) is 0 Å². The highest BCUT2D eigenvalue weighted by Crippen LogP contribution is 2.31. The Morgan fingerprint density at radius 3 is 2.29 bits per heavy atom. The van der Waals surface area contributed by atoms with Gasteiger partial charge in [0, 0.05) is 15.6 Å². The first-order chi connectivity index (χ1) is 11.5. The van der Waals surface area contributed by atoms with Gasteiger partial charge in [0.1, 0.15) is 0 Å². The van der Waals surface area contributed by atoms with E-state index in [9.17, 15) is 9.59 Å². The summed E-state index contributed by atoms with van der Waals surface area (Å²) in [6.07, 6.45) is 1.60. The molecule has 0 aliphatic heterocycles. The molecule has 0 unspecified atom stereocenters. The lowest BCUT2D eigenvalue weighted by atomic mass is 9.81. The molecule has 1 aromatic carbocycles. The predicted octanol–water partition coefficient (Wildman–Crippen LogP) is 2.46. The van der Waals surface area contributed by atoms with Gasteiger partial charge in [0.15, 0.2) is 5.41 Å². The van der Waals surface area contributed by atoms with Crippen LogP contribution in [0.4, 0.5) is 0 Å². The van der Waals surface area contributed by atoms with Crippen LogP contribution in [-0.4, -0.2) is 37.9 Å². The van der Waals surface area contributed by atoms with Crippen molar-refractivity contribution in [1.82, 2.24) is 0 Å². The molecule has 1 rings (SSSR count). The zero-order valence-corrected chi connectivity index (χ0v) is 15.7. The van der Waals surface area contributed by atoms with E-state index in [0.717, 1.165) is 5.56 Å². The number of hydrogen-bond donors (Lipinski definition) is 1. The first-order valence-corrected chi connectivity index (χ1v) is 8.24. The lowest BCUT2D eigenvalue weighted by molar-refractivity contribution is -0.168. The van der Waals surface area contributed by atoms with Crippen LogP contribution < -0.4 is 0 Å². The summed E-state index contributed by atoms with van der Waals surface area (Å²) in [6, 6.07) is 9.24. The molecule has 1 aromatic rings. The number of carbonyl (C=O) groups is 2. The standard InChI is InChI=1S/C18H19IO5/c1-23-16(21)18(17(22)24-2,12-10-15(19)13-20)11-6-9-14-7-4-3-5-8-14/h3-5,7-8,10,20H,11-13H2,1-2H3/b15-10-. The molecule has 0 aliphatic rings. The third-order valence-electron chi connectivity index (χ3n) is 3.37. The smallest absolute Gasteiger partial charge is 0.324 e. The van der Waals surface area contributed by atoms with Crippen LogP contribution in [0.15, 0.2) is 40.0 Å². The van der Waals surface area contributed by atoms with Crippen molar-refractivity contribution in [1.29, 1.82) is 0 Å². The van der Waals surface area contributed by atoms with Crippen LogP contribution in [0.2, 0.25) is 0 Å². The van der Waals surface area contributed by atoms with Gasteiger partial charge < -0.3 is 14.6 Å². The summed E-state index contributed by atoms with van der Waals surface area (Å²) in [5.41, 5.74) is -0.779. The van der Waals surface area contributed by atoms with Gasteiger partial charge in [-0.05, 0) is 41.1 Å². The predicted molar refractivity (Wildman–Crippen MR) is 98.2 cm³/mol. The van der Waals surface area contributed by atoms with Crippen molar-refractivity contribution in [3.05, 3.63) is 45.6 Å². The van der Waals surface area contributed by atoms with E-state index >= 15 is 0 Å².